The van der Waals surface area contributed by atoms with Crippen LogP contribution in [0.3, 0.4) is 0 Å². The lowest BCUT2D eigenvalue weighted by atomic mass is 9.95. The average molecular weight is 240 g/mol. The molecular weight excluding hydrogens is 218 g/mol. The van der Waals surface area contributed by atoms with E-state index in [1.807, 2.05) is 0 Å². The number of halogens is 1. The Balaban J connectivity index is 2.88. The summed E-state index contributed by atoms with van der Waals surface area (Å²) < 4.78 is 0. The van der Waals surface area contributed by atoms with E-state index >= 15 is 0 Å². The molecule has 0 atom stereocenters. The maximum atomic E-state index is 6.25. The maximum absolute atomic E-state index is 6.25. The summed E-state index contributed by atoms with van der Waals surface area (Å²) >= 11 is 6.25. The zero-order chi connectivity index (χ0) is 12.1. The van der Waals surface area contributed by atoms with Gasteiger partial charge in [0, 0.05) is 5.02 Å². The third-order valence-electron chi connectivity index (χ3n) is 3.04. The first-order chi connectivity index (χ1) is 7.56. The average Bonchev–Trinajstić information content (AvgIpc) is 2.24. The minimum atomic E-state index is 0.534. The smallest absolute Gasteiger partial charge is 0.0440 e. The number of unbranched alkanes of at least 4 members (excludes halogenated alkanes) is 1. The minimum absolute atomic E-state index is 0.534. The van der Waals surface area contributed by atoms with Gasteiger partial charge in [0.05, 0.1) is 0 Å². The van der Waals surface area contributed by atoms with Crippen LogP contribution in [0, 0.1) is 6.92 Å². The van der Waals surface area contributed by atoms with Gasteiger partial charge in [0.25, 0.3) is 0 Å². The summed E-state index contributed by atoms with van der Waals surface area (Å²) in [6, 6.07) is 4.39. The van der Waals surface area contributed by atoms with Crippen LogP contribution in [0.15, 0.2) is 12.1 Å². The van der Waals surface area contributed by atoms with Crippen LogP contribution in [0.1, 0.15) is 49.3 Å². The molecule has 0 radical (unpaired) electrons. The zero-order valence-corrected chi connectivity index (χ0v) is 11.3. The van der Waals surface area contributed by atoms with Crippen molar-refractivity contribution in [2.24, 2.45) is 5.73 Å². The van der Waals surface area contributed by atoms with Crippen LogP contribution in [-0.4, -0.2) is 6.54 Å². The van der Waals surface area contributed by atoms with Crippen molar-refractivity contribution in [1.29, 1.82) is 0 Å². The molecule has 0 bridgehead atoms. The van der Waals surface area contributed by atoms with E-state index in [-0.39, 0.29) is 0 Å². The highest BCUT2D eigenvalue weighted by molar-refractivity contribution is 6.31. The van der Waals surface area contributed by atoms with E-state index < -0.39 is 0 Å². The number of hydrogen-bond acceptors (Lipinski definition) is 1. The topological polar surface area (TPSA) is 26.0 Å². The second-order valence-electron chi connectivity index (χ2n) is 4.69. The van der Waals surface area contributed by atoms with Crippen molar-refractivity contribution in [1.82, 2.24) is 0 Å². The first-order valence-electron chi connectivity index (χ1n) is 6.05. The predicted octanol–water partition coefficient (Wildman–Crippen LogP) is 4.05. The summed E-state index contributed by atoms with van der Waals surface area (Å²) in [7, 11) is 0. The fourth-order valence-corrected chi connectivity index (χ4v) is 2.06. The molecule has 0 aliphatic carbocycles. The lowest BCUT2D eigenvalue weighted by Crippen LogP contribution is -2.01. The summed E-state index contributed by atoms with van der Waals surface area (Å²) in [5.41, 5.74) is 9.45. The fourth-order valence-electron chi connectivity index (χ4n) is 1.81. The van der Waals surface area contributed by atoms with Gasteiger partial charge in [-0.15, -0.1) is 0 Å². The van der Waals surface area contributed by atoms with Crippen molar-refractivity contribution >= 4 is 11.6 Å². The van der Waals surface area contributed by atoms with Crippen molar-refractivity contribution in [3.63, 3.8) is 0 Å². The Labute approximate surface area is 104 Å². The third-order valence-corrected chi connectivity index (χ3v) is 3.43. The van der Waals surface area contributed by atoms with Gasteiger partial charge in [-0.1, -0.05) is 31.5 Å². The van der Waals surface area contributed by atoms with Crippen LogP contribution in [0.2, 0.25) is 5.02 Å². The van der Waals surface area contributed by atoms with Crippen LogP contribution >= 0.6 is 11.6 Å². The number of benzene rings is 1. The van der Waals surface area contributed by atoms with Gasteiger partial charge in [-0.3, -0.25) is 0 Å². The van der Waals surface area contributed by atoms with Crippen molar-refractivity contribution in [2.75, 3.05) is 6.54 Å². The predicted molar refractivity (Wildman–Crippen MR) is 72.3 cm³/mol. The zero-order valence-electron chi connectivity index (χ0n) is 10.5. The van der Waals surface area contributed by atoms with Gasteiger partial charge in [0.15, 0.2) is 0 Å². The molecule has 1 nitrogen and oxygen atoms in total. The second kappa shape index (κ2) is 6.27. The molecule has 0 fully saturated rings. The van der Waals surface area contributed by atoms with E-state index in [1.165, 1.54) is 16.7 Å². The van der Waals surface area contributed by atoms with Gasteiger partial charge in [-0.05, 0) is 61.4 Å². The summed E-state index contributed by atoms with van der Waals surface area (Å²) in [4.78, 5) is 0. The van der Waals surface area contributed by atoms with Crippen molar-refractivity contribution in [2.45, 2.75) is 46.0 Å². The lowest BCUT2D eigenvalue weighted by Gasteiger charge is -2.13. The monoisotopic (exact) mass is 239 g/mol. The highest BCUT2D eigenvalue weighted by atomic mass is 35.5. The highest BCUT2D eigenvalue weighted by Gasteiger charge is 2.07. The van der Waals surface area contributed by atoms with E-state index in [9.17, 15) is 0 Å². The number of aryl methyl sites for hydroxylation is 1. The molecule has 2 N–H and O–H groups in total. The van der Waals surface area contributed by atoms with Crippen LogP contribution in [0.4, 0.5) is 0 Å². The molecule has 0 aliphatic rings. The standard InChI is InChI=1S/C14H22ClN/c1-10(2)13-8-12(6-4-5-7-16)11(3)14(15)9-13/h8-10H,4-7,16H2,1-3H3. The van der Waals surface area contributed by atoms with E-state index in [4.69, 9.17) is 17.3 Å². The molecule has 90 valence electrons. The molecule has 0 saturated heterocycles. The fraction of sp³-hybridized carbons (Fsp3) is 0.571. The first kappa shape index (κ1) is 13.5. The van der Waals surface area contributed by atoms with Gasteiger partial charge < -0.3 is 5.73 Å². The van der Waals surface area contributed by atoms with E-state index in [0.29, 0.717) is 5.92 Å². The molecule has 0 aliphatic heterocycles. The van der Waals surface area contributed by atoms with Crippen molar-refractivity contribution in [3.8, 4) is 0 Å². The molecule has 0 aromatic heterocycles. The lowest BCUT2D eigenvalue weighted by molar-refractivity contribution is 0.740. The molecular formula is C14H22ClN. The van der Waals surface area contributed by atoms with Crippen molar-refractivity contribution in [3.05, 3.63) is 33.8 Å². The maximum Gasteiger partial charge on any atom is 0.0440 e. The summed E-state index contributed by atoms with van der Waals surface area (Å²) in [5, 5.41) is 0.897. The Bertz CT molecular complexity index is 345. The van der Waals surface area contributed by atoms with Crippen LogP contribution in [-0.2, 0) is 6.42 Å². The van der Waals surface area contributed by atoms with Gasteiger partial charge in [0.2, 0.25) is 0 Å². The van der Waals surface area contributed by atoms with E-state index in [0.717, 1.165) is 30.8 Å². The molecule has 16 heavy (non-hydrogen) atoms. The summed E-state index contributed by atoms with van der Waals surface area (Å²) in [6.45, 7) is 7.27. The molecule has 1 rings (SSSR count). The summed E-state index contributed by atoms with van der Waals surface area (Å²) in [6.07, 6.45) is 3.32. The number of rotatable bonds is 5. The number of hydrogen-bond donors (Lipinski definition) is 1. The van der Waals surface area contributed by atoms with Crippen LogP contribution < -0.4 is 5.73 Å². The number of nitrogens with two attached hydrogens (primary N) is 1. The van der Waals surface area contributed by atoms with Gasteiger partial charge in [0.1, 0.15) is 0 Å². The molecule has 2 heteroatoms. The quantitative estimate of drug-likeness (QED) is 0.771. The first-order valence-corrected chi connectivity index (χ1v) is 6.43. The Morgan fingerprint density at radius 1 is 1.25 bits per heavy atom. The van der Waals surface area contributed by atoms with Crippen LogP contribution in [0.5, 0.6) is 0 Å². The van der Waals surface area contributed by atoms with Crippen LogP contribution in [0.25, 0.3) is 0 Å². The normalized spacial score (nSPS) is 11.1. The Hall–Kier alpha value is -0.530. The summed E-state index contributed by atoms with van der Waals surface area (Å²) in [5.74, 6) is 0.534. The van der Waals surface area contributed by atoms with Crippen molar-refractivity contribution < 1.29 is 0 Å². The van der Waals surface area contributed by atoms with Gasteiger partial charge in [-0.2, -0.15) is 0 Å². The highest BCUT2D eigenvalue weighted by Crippen LogP contribution is 2.26. The SMILES string of the molecule is Cc1c(Cl)cc(C(C)C)cc1CCCCN. The largest absolute Gasteiger partial charge is 0.330 e. The van der Waals surface area contributed by atoms with Gasteiger partial charge in [-0.25, -0.2) is 0 Å². The molecule has 0 amide bonds. The molecule has 1 aromatic carbocycles. The molecule has 0 heterocycles. The Kier molecular flexibility index (Phi) is 5.30. The second-order valence-corrected chi connectivity index (χ2v) is 5.09. The third kappa shape index (κ3) is 3.50. The molecule has 1 aromatic rings. The van der Waals surface area contributed by atoms with E-state index in [1.54, 1.807) is 0 Å². The minimum Gasteiger partial charge on any atom is -0.330 e. The Morgan fingerprint density at radius 3 is 2.50 bits per heavy atom. The molecule has 0 saturated carbocycles. The van der Waals surface area contributed by atoms with Gasteiger partial charge >= 0.3 is 0 Å². The molecule has 0 spiro atoms. The Morgan fingerprint density at radius 2 is 1.94 bits per heavy atom. The van der Waals surface area contributed by atoms with E-state index in [2.05, 4.69) is 32.9 Å². The molecule has 0 unspecified atom stereocenters.